The normalized spacial score (nSPS) is 11.7. The van der Waals surface area contributed by atoms with Crippen molar-refractivity contribution < 1.29 is 4.74 Å². The second-order valence-corrected chi connectivity index (χ2v) is 12.6. The molecule has 0 radical (unpaired) electrons. The van der Waals surface area contributed by atoms with E-state index in [-0.39, 0.29) is 0 Å². The van der Waals surface area contributed by atoms with Gasteiger partial charge in [0.1, 0.15) is 6.73 Å². The predicted octanol–water partition coefficient (Wildman–Crippen LogP) is 3.83. The van der Waals surface area contributed by atoms with Crippen molar-refractivity contribution in [2.45, 2.75) is 25.7 Å². The van der Waals surface area contributed by atoms with Gasteiger partial charge >= 0.3 is 0 Å². The predicted molar refractivity (Wildman–Crippen MR) is 88.7 cm³/mol. The first-order valence-corrected chi connectivity index (χ1v) is 11.0. The summed E-state index contributed by atoms with van der Waals surface area (Å²) >= 11 is 9.37. The molecule has 0 aromatic carbocycles. The van der Waals surface area contributed by atoms with Crippen molar-refractivity contribution in [1.29, 1.82) is 0 Å². The van der Waals surface area contributed by atoms with E-state index in [1.165, 1.54) is 0 Å². The minimum absolute atomic E-state index is 0.458. The number of hydrogen-bond donors (Lipinski definition) is 1. The highest BCUT2D eigenvalue weighted by molar-refractivity contribution is 9.10. The molecule has 1 rings (SSSR count). The summed E-state index contributed by atoms with van der Waals surface area (Å²) in [4.78, 5) is 6.12. The number of rotatable bonds is 6. The molecule has 0 aliphatic heterocycles. The van der Waals surface area contributed by atoms with Crippen LogP contribution in [0.3, 0.4) is 0 Å². The molecule has 19 heavy (non-hydrogen) atoms. The largest absolute Gasteiger partial charge is 0.394 e. The van der Waals surface area contributed by atoms with E-state index in [0.717, 1.165) is 12.7 Å². The van der Waals surface area contributed by atoms with Crippen molar-refractivity contribution in [2.24, 2.45) is 0 Å². The van der Waals surface area contributed by atoms with Gasteiger partial charge in [0.25, 0.3) is 0 Å². The van der Waals surface area contributed by atoms with Crippen LogP contribution in [0.25, 0.3) is 0 Å². The van der Waals surface area contributed by atoms with Gasteiger partial charge in [-0.1, -0.05) is 31.2 Å². The quantitative estimate of drug-likeness (QED) is 0.472. The number of pyridine rings is 1. The Labute approximate surface area is 129 Å². The highest BCUT2D eigenvalue weighted by Gasteiger charge is 2.14. The van der Waals surface area contributed by atoms with Crippen LogP contribution in [-0.2, 0) is 4.74 Å². The van der Waals surface area contributed by atoms with E-state index < -0.39 is 8.07 Å². The number of hydrogen-bond acceptors (Lipinski definition) is 4. The molecule has 0 aliphatic rings. The Morgan fingerprint density at radius 1 is 1.47 bits per heavy atom. The number of anilines is 2. The molecule has 0 atom stereocenters. The van der Waals surface area contributed by atoms with Gasteiger partial charge < -0.3 is 15.4 Å². The Bertz CT molecular complexity index is 440. The Morgan fingerprint density at radius 2 is 2.11 bits per heavy atom. The average Bonchev–Trinajstić information content (AvgIpc) is 2.30. The molecule has 2 N–H and O–H groups in total. The summed E-state index contributed by atoms with van der Waals surface area (Å²) in [5.41, 5.74) is 6.41. The van der Waals surface area contributed by atoms with Crippen molar-refractivity contribution in [3.8, 4) is 0 Å². The van der Waals surface area contributed by atoms with Gasteiger partial charge in [-0.3, -0.25) is 0 Å². The van der Waals surface area contributed by atoms with E-state index in [2.05, 4.69) is 40.6 Å². The molecule has 0 saturated heterocycles. The SMILES string of the molecule is CN(COCC[Si](C)(C)C)c1ncc(Br)c(Cl)c1N. The van der Waals surface area contributed by atoms with Crippen molar-refractivity contribution in [2.75, 3.05) is 31.0 Å². The van der Waals surface area contributed by atoms with Crippen LogP contribution in [0.1, 0.15) is 0 Å². The molecule has 0 saturated carbocycles. The van der Waals surface area contributed by atoms with Crippen LogP contribution in [-0.4, -0.2) is 33.4 Å². The lowest BCUT2D eigenvalue weighted by Gasteiger charge is -2.22. The number of nitrogens with two attached hydrogens (primary N) is 1. The van der Waals surface area contributed by atoms with Crippen LogP contribution >= 0.6 is 27.5 Å². The fraction of sp³-hybridized carbons (Fsp3) is 0.583. The van der Waals surface area contributed by atoms with Gasteiger partial charge in [-0.05, 0) is 22.0 Å². The van der Waals surface area contributed by atoms with Crippen LogP contribution in [0.15, 0.2) is 10.7 Å². The van der Waals surface area contributed by atoms with E-state index in [9.17, 15) is 0 Å². The second-order valence-electron chi connectivity index (χ2n) is 5.70. The molecule has 0 unspecified atom stereocenters. The Hall–Kier alpha value is -0.303. The fourth-order valence-corrected chi connectivity index (χ4v) is 2.62. The summed E-state index contributed by atoms with van der Waals surface area (Å²) in [5, 5.41) is 0.485. The fourth-order valence-electron chi connectivity index (χ4n) is 1.42. The van der Waals surface area contributed by atoms with Gasteiger partial charge in [-0.15, -0.1) is 0 Å². The summed E-state index contributed by atoms with van der Waals surface area (Å²) < 4.78 is 6.36. The molecular weight excluding hydrogens is 346 g/mol. The van der Waals surface area contributed by atoms with E-state index in [4.69, 9.17) is 22.1 Å². The lowest BCUT2D eigenvalue weighted by atomic mass is 10.4. The van der Waals surface area contributed by atoms with E-state index in [0.29, 0.717) is 27.7 Å². The molecule has 1 aromatic rings. The van der Waals surface area contributed by atoms with Gasteiger partial charge in [0.2, 0.25) is 0 Å². The number of ether oxygens (including phenoxy) is 1. The van der Waals surface area contributed by atoms with Crippen LogP contribution in [0.4, 0.5) is 11.5 Å². The minimum atomic E-state index is -1.05. The maximum atomic E-state index is 6.07. The second kappa shape index (κ2) is 6.92. The average molecular weight is 367 g/mol. The molecule has 0 amide bonds. The number of nitrogen functional groups attached to an aromatic ring is 1. The molecule has 1 heterocycles. The Kier molecular flexibility index (Phi) is 6.10. The zero-order valence-corrected chi connectivity index (χ0v) is 15.2. The summed E-state index contributed by atoms with van der Waals surface area (Å²) in [7, 11) is 0.839. The summed E-state index contributed by atoms with van der Waals surface area (Å²) in [6.07, 6.45) is 1.65. The third kappa shape index (κ3) is 5.29. The highest BCUT2D eigenvalue weighted by Crippen LogP contribution is 2.33. The Morgan fingerprint density at radius 3 is 2.68 bits per heavy atom. The maximum absolute atomic E-state index is 6.07. The molecule has 108 valence electrons. The number of aromatic nitrogens is 1. The molecule has 0 spiro atoms. The summed E-state index contributed by atoms with van der Waals surface area (Å²) in [6.45, 7) is 8.21. The smallest absolute Gasteiger partial charge is 0.154 e. The monoisotopic (exact) mass is 365 g/mol. The van der Waals surface area contributed by atoms with Crippen molar-refractivity contribution in [1.82, 2.24) is 4.98 Å². The molecule has 7 heteroatoms. The zero-order valence-electron chi connectivity index (χ0n) is 11.8. The molecule has 1 aromatic heterocycles. The van der Waals surface area contributed by atoms with Crippen LogP contribution in [0.5, 0.6) is 0 Å². The van der Waals surface area contributed by atoms with Gasteiger partial charge in [-0.25, -0.2) is 4.98 Å². The Balaban J connectivity index is 2.55. The highest BCUT2D eigenvalue weighted by atomic mass is 79.9. The van der Waals surface area contributed by atoms with Gasteiger partial charge in [-0.2, -0.15) is 0 Å². The van der Waals surface area contributed by atoms with E-state index in [1.807, 2.05) is 11.9 Å². The topological polar surface area (TPSA) is 51.4 Å². The summed E-state index contributed by atoms with van der Waals surface area (Å²) in [5.74, 6) is 0.640. The molecule has 0 aliphatic carbocycles. The van der Waals surface area contributed by atoms with Gasteiger partial charge in [0.15, 0.2) is 5.82 Å². The zero-order chi connectivity index (χ0) is 14.6. The molecule has 0 bridgehead atoms. The number of nitrogens with zero attached hydrogens (tertiary/aromatic N) is 2. The van der Waals surface area contributed by atoms with Gasteiger partial charge in [0, 0.05) is 27.9 Å². The standard InChI is InChI=1S/C12H21BrClN3OSi/c1-17(8-18-5-6-19(2,3)4)12-11(15)10(14)9(13)7-16-12/h7H,5-6,8,15H2,1-4H3. The minimum Gasteiger partial charge on any atom is -0.394 e. The van der Waals surface area contributed by atoms with E-state index in [1.54, 1.807) is 6.20 Å². The lowest BCUT2D eigenvalue weighted by Crippen LogP contribution is -2.26. The first kappa shape index (κ1) is 16.8. The third-order valence-electron chi connectivity index (χ3n) is 2.63. The van der Waals surface area contributed by atoms with E-state index >= 15 is 0 Å². The van der Waals surface area contributed by atoms with Crippen molar-refractivity contribution in [3.63, 3.8) is 0 Å². The van der Waals surface area contributed by atoms with Crippen LogP contribution < -0.4 is 10.6 Å². The molecular formula is C12H21BrClN3OSi. The summed E-state index contributed by atoms with van der Waals surface area (Å²) in [6, 6.07) is 1.14. The van der Waals surface area contributed by atoms with Crippen LogP contribution in [0, 0.1) is 0 Å². The lowest BCUT2D eigenvalue weighted by molar-refractivity contribution is 0.149. The first-order chi connectivity index (χ1) is 8.72. The molecule has 0 fully saturated rings. The van der Waals surface area contributed by atoms with Crippen molar-refractivity contribution in [3.05, 3.63) is 15.7 Å². The number of halogens is 2. The maximum Gasteiger partial charge on any atom is 0.154 e. The van der Waals surface area contributed by atoms with Crippen molar-refractivity contribution >= 4 is 47.1 Å². The van der Waals surface area contributed by atoms with Crippen LogP contribution in [0.2, 0.25) is 30.7 Å². The first-order valence-electron chi connectivity index (χ1n) is 6.11. The third-order valence-corrected chi connectivity index (χ3v) is 5.57. The molecule has 4 nitrogen and oxygen atoms in total. The van der Waals surface area contributed by atoms with Gasteiger partial charge in [0.05, 0.1) is 15.2 Å².